The third-order valence-electron chi connectivity index (χ3n) is 3.09. The summed E-state index contributed by atoms with van der Waals surface area (Å²) in [7, 11) is 0. The van der Waals surface area contributed by atoms with E-state index >= 15 is 0 Å². The molecule has 1 N–H and O–H groups in total. The minimum absolute atomic E-state index is 0.274. The van der Waals surface area contributed by atoms with E-state index in [0.29, 0.717) is 0 Å². The van der Waals surface area contributed by atoms with Crippen molar-refractivity contribution >= 4 is 70.7 Å². The van der Waals surface area contributed by atoms with E-state index in [9.17, 15) is 0 Å². The van der Waals surface area contributed by atoms with Crippen LogP contribution in [0.1, 0.15) is 29.8 Å². The lowest BCUT2D eigenvalue weighted by Crippen LogP contribution is -2.23. The molecule has 0 aliphatic heterocycles. The Kier molecular flexibility index (Phi) is 7.23. The van der Waals surface area contributed by atoms with E-state index in [2.05, 4.69) is 72.2 Å². The van der Waals surface area contributed by atoms with Crippen molar-refractivity contribution in [3.05, 3.63) is 52.5 Å². The van der Waals surface area contributed by atoms with E-state index in [1.54, 1.807) is 11.3 Å². The SMILES string of the molecule is CCCNC(Cc1ccc(Br)cc1Cl)c1cc(Br)c(Br)s1. The van der Waals surface area contributed by atoms with Gasteiger partial charge in [-0.2, -0.15) is 0 Å². The molecule has 0 aliphatic rings. The van der Waals surface area contributed by atoms with Crippen LogP contribution in [0.2, 0.25) is 5.02 Å². The summed E-state index contributed by atoms with van der Waals surface area (Å²) in [6.45, 7) is 3.17. The Labute approximate surface area is 159 Å². The summed E-state index contributed by atoms with van der Waals surface area (Å²) in [6.07, 6.45) is 1.99. The van der Waals surface area contributed by atoms with Crippen LogP contribution in [0.15, 0.2) is 37.0 Å². The zero-order chi connectivity index (χ0) is 15.4. The first kappa shape index (κ1) is 18.0. The highest BCUT2D eigenvalue weighted by molar-refractivity contribution is 9.13. The van der Waals surface area contributed by atoms with Crippen molar-refractivity contribution in [2.75, 3.05) is 6.54 Å². The van der Waals surface area contributed by atoms with E-state index in [1.807, 2.05) is 12.1 Å². The average Bonchev–Trinajstić information content (AvgIpc) is 2.77. The minimum atomic E-state index is 0.274. The van der Waals surface area contributed by atoms with Gasteiger partial charge in [-0.05, 0) is 75.0 Å². The van der Waals surface area contributed by atoms with Crippen molar-refractivity contribution in [3.8, 4) is 0 Å². The fraction of sp³-hybridized carbons (Fsp3) is 0.333. The highest BCUT2D eigenvalue weighted by Gasteiger charge is 2.17. The molecule has 2 aromatic rings. The number of halogens is 4. The molecule has 0 saturated carbocycles. The molecule has 1 heterocycles. The van der Waals surface area contributed by atoms with Gasteiger partial charge in [-0.25, -0.2) is 0 Å². The zero-order valence-electron chi connectivity index (χ0n) is 11.4. The van der Waals surface area contributed by atoms with Gasteiger partial charge in [-0.15, -0.1) is 11.3 Å². The predicted octanol–water partition coefficient (Wildman–Crippen LogP) is 6.97. The Morgan fingerprint density at radius 3 is 2.57 bits per heavy atom. The molecule has 1 unspecified atom stereocenters. The van der Waals surface area contributed by atoms with Gasteiger partial charge < -0.3 is 5.32 Å². The number of nitrogens with one attached hydrogen (secondary N) is 1. The number of benzene rings is 1. The average molecular weight is 517 g/mol. The fourth-order valence-electron chi connectivity index (χ4n) is 2.03. The first-order chi connectivity index (χ1) is 10.0. The van der Waals surface area contributed by atoms with Gasteiger partial charge in [-0.3, -0.25) is 0 Å². The highest BCUT2D eigenvalue weighted by atomic mass is 79.9. The second-order valence-corrected chi connectivity index (χ2v) is 9.30. The van der Waals surface area contributed by atoms with Crippen molar-refractivity contribution in [3.63, 3.8) is 0 Å². The Balaban J connectivity index is 2.23. The largest absolute Gasteiger partial charge is 0.309 e. The second kappa shape index (κ2) is 8.46. The van der Waals surface area contributed by atoms with Crippen molar-refractivity contribution in [2.24, 2.45) is 0 Å². The quantitative estimate of drug-likeness (QED) is 0.437. The Morgan fingerprint density at radius 1 is 1.24 bits per heavy atom. The molecule has 0 amide bonds. The monoisotopic (exact) mass is 513 g/mol. The van der Waals surface area contributed by atoms with E-state index in [0.717, 1.165) is 42.7 Å². The Hall–Kier alpha value is 0.610. The Morgan fingerprint density at radius 2 is 2.00 bits per heavy atom. The van der Waals surface area contributed by atoms with Crippen LogP contribution in [0.5, 0.6) is 0 Å². The maximum absolute atomic E-state index is 6.36. The van der Waals surface area contributed by atoms with Crippen molar-refractivity contribution in [1.82, 2.24) is 5.32 Å². The highest BCUT2D eigenvalue weighted by Crippen LogP contribution is 2.37. The molecule has 1 aromatic heterocycles. The summed E-state index contributed by atoms with van der Waals surface area (Å²) in [4.78, 5) is 1.31. The number of rotatable bonds is 6. The molecule has 0 radical (unpaired) electrons. The summed E-state index contributed by atoms with van der Waals surface area (Å²) >= 11 is 18.7. The normalized spacial score (nSPS) is 12.6. The smallest absolute Gasteiger partial charge is 0.0843 e. The van der Waals surface area contributed by atoms with Gasteiger partial charge in [0.05, 0.1) is 3.79 Å². The lowest BCUT2D eigenvalue weighted by Gasteiger charge is -2.18. The van der Waals surface area contributed by atoms with Crippen LogP contribution >= 0.6 is 70.7 Å². The Bertz CT molecular complexity index is 595. The van der Waals surface area contributed by atoms with Crippen LogP contribution in [0.3, 0.4) is 0 Å². The van der Waals surface area contributed by atoms with Crippen LogP contribution in [0, 0.1) is 0 Å². The molecule has 0 aliphatic carbocycles. The molecule has 0 bridgehead atoms. The van der Waals surface area contributed by atoms with Crippen LogP contribution in [0.4, 0.5) is 0 Å². The summed E-state index contributed by atoms with van der Waals surface area (Å²) in [5, 5.41) is 4.42. The molecule has 114 valence electrons. The van der Waals surface area contributed by atoms with Crippen LogP contribution in [0.25, 0.3) is 0 Å². The van der Waals surface area contributed by atoms with Gasteiger partial charge in [0.15, 0.2) is 0 Å². The molecule has 6 heteroatoms. The molecule has 1 aromatic carbocycles. The number of hydrogen-bond acceptors (Lipinski definition) is 2. The molecule has 21 heavy (non-hydrogen) atoms. The summed E-state index contributed by atoms with van der Waals surface area (Å²) in [5.74, 6) is 0. The van der Waals surface area contributed by atoms with Gasteiger partial charge in [0.25, 0.3) is 0 Å². The third-order valence-corrected chi connectivity index (χ3v) is 7.30. The van der Waals surface area contributed by atoms with Crippen LogP contribution in [-0.4, -0.2) is 6.54 Å². The lowest BCUT2D eigenvalue weighted by molar-refractivity contribution is 0.536. The van der Waals surface area contributed by atoms with Crippen LogP contribution in [-0.2, 0) is 6.42 Å². The van der Waals surface area contributed by atoms with Crippen molar-refractivity contribution < 1.29 is 0 Å². The molecule has 0 fully saturated rings. The molecular formula is C15H15Br3ClNS. The van der Waals surface area contributed by atoms with Crippen molar-refractivity contribution in [1.29, 1.82) is 0 Å². The summed E-state index contributed by atoms with van der Waals surface area (Å²) in [5.41, 5.74) is 1.16. The number of hydrogen-bond donors (Lipinski definition) is 1. The number of thiophene rings is 1. The molecule has 0 saturated heterocycles. The van der Waals surface area contributed by atoms with E-state index in [-0.39, 0.29) is 6.04 Å². The third kappa shape index (κ3) is 5.05. The first-order valence-electron chi connectivity index (χ1n) is 6.63. The van der Waals surface area contributed by atoms with Crippen molar-refractivity contribution in [2.45, 2.75) is 25.8 Å². The standard InChI is InChI=1S/C15H15Br3ClNS/c1-2-5-20-13(14-8-11(17)15(18)21-14)6-9-3-4-10(16)7-12(9)19/h3-4,7-8,13,20H,2,5-6H2,1H3. The van der Waals surface area contributed by atoms with Gasteiger partial charge in [-0.1, -0.05) is 40.5 Å². The van der Waals surface area contributed by atoms with Gasteiger partial charge in [0.2, 0.25) is 0 Å². The van der Waals surface area contributed by atoms with E-state index < -0.39 is 0 Å². The topological polar surface area (TPSA) is 12.0 Å². The molecule has 1 atom stereocenters. The second-order valence-electron chi connectivity index (χ2n) is 4.72. The lowest BCUT2D eigenvalue weighted by atomic mass is 10.0. The molecule has 0 spiro atoms. The molecular weight excluding hydrogens is 501 g/mol. The van der Waals surface area contributed by atoms with E-state index in [1.165, 1.54) is 4.88 Å². The van der Waals surface area contributed by atoms with Gasteiger partial charge in [0.1, 0.15) is 0 Å². The maximum Gasteiger partial charge on any atom is 0.0843 e. The summed E-state index contributed by atoms with van der Waals surface area (Å²) < 4.78 is 3.24. The minimum Gasteiger partial charge on any atom is -0.309 e. The summed E-state index contributed by atoms with van der Waals surface area (Å²) in [6, 6.07) is 8.53. The van der Waals surface area contributed by atoms with E-state index in [4.69, 9.17) is 11.6 Å². The van der Waals surface area contributed by atoms with Gasteiger partial charge in [0, 0.05) is 24.9 Å². The van der Waals surface area contributed by atoms with Gasteiger partial charge >= 0.3 is 0 Å². The molecule has 1 nitrogen and oxygen atoms in total. The first-order valence-corrected chi connectivity index (χ1v) is 10.2. The fourth-order valence-corrected chi connectivity index (χ4v) is 4.95. The maximum atomic E-state index is 6.36. The zero-order valence-corrected chi connectivity index (χ0v) is 17.8. The predicted molar refractivity (Wildman–Crippen MR) is 104 cm³/mol. The molecule has 2 rings (SSSR count). The van der Waals surface area contributed by atoms with Crippen LogP contribution < -0.4 is 5.32 Å².